The maximum atomic E-state index is 11.7. The first-order chi connectivity index (χ1) is 9.58. The summed E-state index contributed by atoms with van der Waals surface area (Å²) in [5.74, 6) is 0. The minimum Gasteiger partial charge on any atom is -0.398 e. The summed E-state index contributed by atoms with van der Waals surface area (Å²) < 4.78 is 0. The van der Waals surface area contributed by atoms with Crippen LogP contribution in [0.1, 0.15) is 31.5 Å². The zero-order valence-electron chi connectivity index (χ0n) is 11.7. The Morgan fingerprint density at radius 2 is 2.15 bits per heavy atom. The van der Waals surface area contributed by atoms with Crippen LogP contribution in [-0.2, 0) is 6.42 Å². The average Bonchev–Trinajstić information content (AvgIpc) is 2.40. The highest BCUT2D eigenvalue weighted by Gasteiger charge is 2.08. The summed E-state index contributed by atoms with van der Waals surface area (Å²) in [6, 6.07) is 9.19. The molecule has 0 saturated heterocycles. The Hall–Kier alpha value is -1.75. The van der Waals surface area contributed by atoms with Gasteiger partial charge in [-0.25, -0.2) is 4.98 Å². The number of nitrogens with one attached hydrogen (secondary N) is 1. The lowest BCUT2D eigenvalue weighted by molar-refractivity contribution is 0.854. The Kier molecular flexibility index (Phi) is 4.84. The summed E-state index contributed by atoms with van der Waals surface area (Å²) in [6.07, 6.45) is 1.61. The van der Waals surface area contributed by atoms with E-state index in [1.54, 1.807) is 11.8 Å². The molecular weight excluding hydrogens is 270 g/mol. The number of hydrogen-bond donors (Lipinski definition) is 2. The number of hydrogen-bond acceptors (Lipinski definition) is 4. The van der Waals surface area contributed by atoms with Gasteiger partial charge in [-0.1, -0.05) is 43.8 Å². The Balaban J connectivity index is 2.24. The molecule has 106 valence electrons. The van der Waals surface area contributed by atoms with Crippen molar-refractivity contribution in [3.63, 3.8) is 0 Å². The van der Waals surface area contributed by atoms with Gasteiger partial charge >= 0.3 is 0 Å². The third kappa shape index (κ3) is 3.87. The molecule has 1 unspecified atom stereocenters. The van der Waals surface area contributed by atoms with Crippen LogP contribution in [0, 0.1) is 0 Å². The number of thioether (sulfide) groups is 1. The summed E-state index contributed by atoms with van der Waals surface area (Å²) in [5, 5.41) is 1.10. The molecule has 0 spiro atoms. The number of nitrogen functional groups attached to an aromatic ring is 1. The Labute approximate surface area is 122 Å². The van der Waals surface area contributed by atoms with Crippen molar-refractivity contribution >= 4 is 17.4 Å². The molecular formula is C15H19N3OS. The molecule has 1 aromatic carbocycles. The highest BCUT2D eigenvalue weighted by Crippen LogP contribution is 2.21. The fourth-order valence-corrected chi connectivity index (χ4v) is 2.67. The van der Waals surface area contributed by atoms with Gasteiger partial charge in [-0.05, 0) is 18.1 Å². The fraction of sp³-hybridized carbons (Fsp3) is 0.333. The van der Waals surface area contributed by atoms with E-state index in [4.69, 9.17) is 5.73 Å². The van der Waals surface area contributed by atoms with Gasteiger partial charge in [0.05, 0.1) is 5.69 Å². The molecule has 0 bridgehead atoms. The number of para-hydroxylation sites is 1. The van der Waals surface area contributed by atoms with E-state index in [2.05, 4.69) is 23.8 Å². The van der Waals surface area contributed by atoms with Gasteiger partial charge in [0.1, 0.15) is 0 Å². The number of anilines is 1. The Morgan fingerprint density at radius 1 is 1.40 bits per heavy atom. The van der Waals surface area contributed by atoms with Crippen molar-refractivity contribution in [3.05, 3.63) is 51.9 Å². The molecule has 20 heavy (non-hydrogen) atoms. The predicted octanol–water partition coefficient (Wildman–Crippen LogP) is 2.83. The molecule has 2 rings (SSSR count). The number of rotatable bonds is 5. The van der Waals surface area contributed by atoms with Crippen molar-refractivity contribution in [1.82, 2.24) is 9.97 Å². The lowest BCUT2D eigenvalue weighted by Gasteiger charge is -2.09. The standard InChI is InChI=1S/C15H19N3OS/c1-3-10(2)20-15-17-12(9-14(19)18-15)8-11-6-4-5-7-13(11)16/h4-7,9-10H,3,8,16H2,1-2H3,(H,17,18,19). The number of aromatic nitrogens is 2. The number of nitrogens with two attached hydrogens (primary N) is 1. The zero-order chi connectivity index (χ0) is 14.5. The van der Waals surface area contributed by atoms with E-state index >= 15 is 0 Å². The average molecular weight is 289 g/mol. The Morgan fingerprint density at radius 3 is 2.85 bits per heavy atom. The molecule has 1 atom stereocenters. The van der Waals surface area contributed by atoms with Gasteiger partial charge in [-0.3, -0.25) is 4.79 Å². The lowest BCUT2D eigenvalue weighted by atomic mass is 10.1. The molecule has 0 aliphatic rings. The van der Waals surface area contributed by atoms with Gasteiger partial charge < -0.3 is 10.7 Å². The van der Waals surface area contributed by atoms with Crippen LogP contribution >= 0.6 is 11.8 Å². The third-order valence-electron chi connectivity index (χ3n) is 3.09. The second-order valence-corrected chi connectivity index (χ2v) is 6.18. The molecule has 1 heterocycles. The second-order valence-electron chi connectivity index (χ2n) is 4.75. The van der Waals surface area contributed by atoms with Crippen LogP contribution in [0.4, 0.5) is 5.69 Å². The van der Waals surface area contributed by atoms with Gasteiger partial charge in [0, 0.05) is 23.4 Å². The van der Waals surface area contributed by atoms with Crippen molar-refractivity contribution in [1.29, 1.82) is 0 Å². The van der Waals surface area contributed by atoms with Crippen LogP contribution in [0.5, 0.6) is 0 Å². The number of benzene rings is 1. The van der Waals surface area contributed by atoms with Crippen LogP contribution in [0.3, 0.4) is 0 Å². The van der Waals surface area contributed by atoms with E-state index in [-0.39, 0.29) is 5.56 Å². The molecule has 0 aliphatic carbocycles. The van der Waals surface area contributed by atoms with E-state index in [0.29, 0.717) is 16.8 Å². The van der Waals surface area contributed by atoms with Crippen molar-refractivity contribution in [2.45, 2.75) is 37.1 Å². The van der Waals surface area contributed by atoms with Crippen molar-refractivity contribution in [3.8, 4) is 0 Å². The summed E-state index contributed by atoms with van der Waals surface area (Å²) in [5.41, 5.74) is 8.28. The lowest BCUT2D eigenvalue weighted by Crippen LogP contribution is -2.12. The fourth-order valence-electron chi connectivity index (χ4n) is 1.79. The first-order valence-corrected chi connectivity index (χ1v) is 7.56. The maximum absolute atomic E-state index is 11.7. The first-order valence-electron chi connectivity index (χ1n) is 6.68. The summed E-state index contributed by atoms with van der Waals surface area (Å²) >= 11 is 1.59. The van der Waals surface area contributed by atoms with Gasteiger partial charge in [-0.15, -0.1) is 0 Å². The van der Waals surface area contributed by atoms with Gasteiger partial charge in [-0.2, -0.15) is 0 Å². The van der Waals surface area contributed by atoms with Crippen LogP contribution in [0.2, 0.25) is 0 Å². The third-order valence-corrected chi connectivity index (χ3v) is 4.24. The largest absolute Gasteiger partial charge is 0.398 e. The van der Waals surface area contributed by atoms with E-state index in [1.165, 1.54) is 6.07 Å². The highest BCUT2D eigenvalue weighted by atomic mass is 32.2. The topological polar surface area (TPSA) is 71.8 Å². The van der Waals surface area contributed by atoms with Crippen LogP contribution in [-0.4, -0.2) is 15.2 Å². The second kappa shape index (κ2) is 6.61. The molecule has 3 N–H and O–H groups in total. The monoisotopic (exact) mass is 289 g/mol. The molecule has 1 aromatic heterocycles. The SMILES string of the molecule is CCC(C)Sc1nc(Cc2ccccc2N)cc(=O)[nH]1. The van der Waals surface area contributed by atoms with E-state index in [0.717, 1.165) is 23.4 Å². The van der Waals surface area contributed by atoms with Gasteiger partial charge in [0.2, 0.25) is 0 Å². The normalized spacial score (nSPS) is 12.3. The number of aromatic amines is 1. The van der Waals surface area contributed by atoms with E-state index < -0.39 is 0 Å². The molecule has 5 heteroatoms. The molecule has 0 aliphatic heterocycles. The van der Waals surface area contributed by atoms with Crippen LogP contribution in [0.25, 0.3) is 0 Å². The van der Waals surface area contributed by atoms with Crippen LogP contribution in [0.15, 0.2) is 40.3 Å². The summed E-state index contributed by atoms with van der Waals surface area (Å²) in [6.45, 7) is 4.23. The van der Waals surface area contributed by atoms with E-state index in [9.17, 15) is 4.79 Å². The molecule has 0 amide bonds. The smallest absolute Gasteiger partial charge is 0.251 e. The van der Waals surface area contributed by atoms with Gasteiger partial charge in [0.25, 0.3) is 5.56 Å². The van der Waals surface area contributed by atoms with Gasteiger partial charge in [0.15, 0.2) is 5.16 Å². The number of nitrogens with zero attached hydrogens (tertiary/aromatic N) is 1. The summed E-state index contributed by atoms with van der Waals surface area (Å²) in [7, 11) is 0. The summed E-state index contributed by atoms with van der Waals surface area (Å²) in [4.78, 5) is 19.0. The van der Waals surface area contributed by atoms with Crippen molar-refractivity contribution < 1.29 is 0 Å². The van der Waals surface area contributed by atoms with Crippen molar-refractivity contribution in [2.75, 3.05) is 5.73 Å². The quantitative estimate of drug-likeness (QED) is 0.504. The van der Waals surface area contributed by atoms with E-state index in [1.807, 2.05) is 24.3 Å². The molecule has 4 nitrogen and oxygen atoms in total. The highest BCUT2D eigenvalue weighted by molar-refractivity contribution is 7.99. The molecule has 0 radical (unpaired) electrons. The predicted molar refractivity (Wildman–Crippen MR) is 84.1 cm³/mol. The van der Waals surface area contributed by atoms with Crippen molar-refractivity contribution in [2.24, 2.45) is 0 Å². The molecule has 2 aromatic rings. The molecule has 0 fully saturated rings. The zero-order valence-corrected chi connectivity index (χ0v) is 12.5. The van der Waals surface area contributed by atoms with Crippen LogP contribution < -0.4 is 11.3 Å². The Bertz CT molecular complexity index is 639. The maximum Gasteiger partial charge on any atom is 0.251 e. The minimum absolute atomic E-state index is 0.115. The number of H-pyrrole nitrogens is 1. The first kappa shape index (κ1) is 14.7. The molecule has 0 saturated carbocycles. The minimum atomic E-state index is -0.115.